The second-order valence-corrected chi connectivity index (χ2v) is 3.56. The van der Waals surface area contributed by atoms with Gasteiger partial charge in [-0.3, -0.25) is 4.79 Å². The van der Waals surface area contributed by atoms with Gasteiger partial charge in [0.25, 0.3) is 5.96 Å². The number of nitrogens with two attached hydrogens (primary N) is 1. The minimum atomic E-state index is -0.853. The van der Waals surface area contributed by atoms with Gasteiger partial charge in [0.1, 0.15) is 5.10 Å². The number of hydrazone groups is 1. The topological polar surface area (TPSA) is 131 Å². The molecule has 17 heavy (non-hydrogen) atoms. The predicted octanol–water partition coefficient (Wildman–Crippen LogP) is 0.508. The fourth-order valence-electron chi connectivity index (χ4n) is 1.27. The van der Waals surface area contributed by atoms with Crippen molar-refractivity contribution in [2.45, 2.75) is 38.5 Å². The number of guanidine groups is 1. The van der Waals surface area contributed by atoms with E-state index in [0.717, 1.165) is 25.7 Å². The van der Waals surface area contributed by atoms with Crippen LogP contribution < -0.4 is 11.1 Å². The number of nitrogens with zero attached hydrogens (tertiary/aromatic N) is 2. The number of hydrogen-bond acceptors (Lipinski definition) is 3. The quantitative estimate of drug-likeness (QED) is 0.178. The highest BCUT2D eigenvalue weighted by Gasteiger charge is 1.98. The van der Waals surface area contributed by atoms with Crippen LogP contribution in [0.15, 0.2) is 5.10 Å². The van der Waals surface area contributed by atoms with Crippen molar-refractivity contribution in [1.82, 2.24) is 5.32 Å². The minimum Gasteiger partial charge on any atom is -0.481 e. The zero-order chi connectivity index (χ0) is 13.1. The van der Waals surface area contributed by atoms with Crippen LogP contribution >= 0.6 is 0 Å². The highest BCUT2D eigenvalue weighted by molar-refractivity contribution is 5.76. The number of carboxylic acids is 1. The smallest absolute Gasteiger partial charge is 0.303 e. The van der Waals surface area contributed by atoms with Crippen molar-refractivity contribution in [3.8, 4) is 0 Å². The van der Waals surface area contributed by atoms with Crippen LogP contribution in [0.4, 0.5) is 0 Å². The molecule has 0 amide bonds. The Morgan fingerprint density at radius 2 is 1.88 bits per heavy atom. The summed E-state index contributed by atoms with van der Waals surface area (Å²) in [6, 6.07) is 0. The molecule has 8 nitrogen and oxygen atoms in total. The number of hydrogen-bond donors (Lipinski definition) is 3. The number of unbranched alkanes of at least 4 members (excludes halogenated alkanes) is 4. The monoisotopic (exact) mass is 246 g/mol. The first kappa shape index (κ1) is 15.1. The number of rotatable bonds is 9. The summed E-state index contributed by atoms with van der Waals surface area (Å²) in [6.45, 7) is 0.530. The average molecular weight is 246 g/mol. The lowest BCUT2D eigenvalue weighted by Crippen LogP contribution is -2.33. The summed E-state index contributed by atoms with van der Waals surface area (Å²) in [5.74, 6) is -0.962. The number of carboxylic acid groups (broad SMARTS) is 1. The first-order chi connectivity index (χ1) is 8.02. The molecule has 0 fully saturated rings. The Morgan fingerprint density at radius 3 is 2.47 bits per heavy atom. The zero-order valence-electron chi connectivity index (χ0n) is 9.59. The van der Waals surface area contributed by atoms with Gasteiger partial charge in [0.15, 0.2) is 5.03 Å². The van der Waals surface area contributed by atoms with Gasteiger partial charge >= 0.3 is 5.97 Å². The lowest BCUT2D eigenvalue weighted by Gasteiger charge is -2.02. The molecular formula is C9H18N4O4. The summed E-state index contributed by atoms with van der Waals surface area (Å²) >= 11 is 0. The molecular weight excluding hydrogens is 228 g/mol. The summed E-state index contributed by atoms with van der Waals surface area (Å²) in [5.41, 5.74) is 5.20. The Balaban J connectivity index is 3.29. The van der Waals surface area contributed by atoms with Crippen LogP contribution in [0, 0.1) is 10.1 Å². The molecule has 0 rings (SSSR count). The van der Waals surface area contributed by atoms with Gasteiger partial charge in [0.05, 0.1) is 0 Å². The fraction of sp³-hybridized carbons (Fsp3) is 0.778. The summed E-state index contributed by atoms with van der Waals surface area (Å²) in [4.78, 5) is 20.1. The van der Waals surface area contributed by atoms with E-state index < -0.39 is 11.0 Å². The molecule has 0 aromatic heterocycles. The van der Waals surface area contributed by atoms with E-state index in [1.54, 1.807) is 0 Å². The van der Waals surface area contributed by atoms with E-state index in [0.29, 0.717) is 13.0 Å². The zero-order valence-corrected chi connectivity index (χ0v) is 9.59. The van der Waals surface area contributed by atoms with Gasteiger partial charge in [0, 0.05) is 13.0 Å². The van der Waals surface area contributed by atoms with Crippen molar-refractivity contribution in [2.75, 3.05) is 6.54 Å². The first-order valence-electron chi connectivity index (χ1n) is 5.46. The van der Waals surface area contributed by atoms with Crippen molar-refractivity contribution in [2.24, 2.45) is 10.8 Å². The Hall–Kier alpha value is -1.86. The molecule has 98 valence electrons. The molecule has 0 aromatic rings. The van der Waals surface area contributed by atoms with Crippen LogP contribution in [-0.4, -0.2) is 28.6 Å². The number of carbonyl (C=O) groups is 1. The molecule has 0 saturated heterocycles. The molecule has 0 heterocycles. The Morgan fingerprint density at radius 1 is 1.29 bits per heavy atom. The van der Waals surface area contributed by atoms with Crippen molar-refractivity contribution in [3.05, 3.63) is 10.1 Å². The molecule has 0 saturated carbocycles. The van der Waals surface area contributed by atoms with Gasteiger partial charge in [0.2, 0.25) is 0 Å². The highest BCUT2D eigenvalue weighted by Crippen LogP contribution is 2.04. The molecule has 0 aliphatic heterocycles. The van der Waals surface area contributed by atoms with E-state index >= 15 is 0 Å². The summed E-state index contributed by atoms with van der Waals surface area (Å²) in [7, 11) is 0. The van der Waals surface area contributed by atoms with E-state index in [4.69, 9.17) is 10.8 Å². The largest absolute Gasteiger partial charge is 0.481 e. The maximum atomic E-state index is 10.2. The van der Waals surface area contributed by atoms with Gasteiger partial charge in [-0.25, -0.2) is 10.1 Å². The Labute approximate surface area is 99.0 Å². The van der Waals surface area contributed by atoms with Gasteiger partial charge in [-0.1, -0.05) is 19.3 Å². The Kier molecular flexibility index (Phi) is 8.35. The summed E-state index contributed by atoms with van der Waals surface area (Å²) in [5, 5.41) is 23.0. The SMILES string of the molecule is N/C(=N/[N+](=O)[O-])NCCCCCCCC(=O)O. The number of nitro groups is 1. The van der Waals surface area contributed by atoms with Crippen LogP contribution in [0.1, 0.15) is 38.5 Å². The molecule has 0 aliphatic carbocycles. The third kappa shape index (κ3) is 12.1. The highest BCUT2D eigenvalue weighted by atomic mass is 16.7. The fourth-order valence-corrected chi connectivity index (χ4v) is 1.27. The van der Waals surface area contributed by atoms with E-state index in [1.807, 2.05) is 0 Å². The van der Waals surface area contributed by atoms with Gasteiger partial charge in [-0.2, -0.15) is 0 Å². The molecule has 0 radical (unpaired) electrons. The van der Waals surface area contributed by atoms with Crippen molar-refractivity contribution in [1.29, 1.82) is 0 Å². The molecule has 8 heteroatoms. The lowest BCUT2D eigenvalue weighted by atomic mass is 10.1. The second-order valence-electron chi connectivity index (χ2n) is 3.56. The maximum absolute atomic E-state index is 10.2. The summed E-state index contributed by atoms with van der Waals surface area (Å²) in [6.07, 6.45) is 4.47. The molecule has 0 unspecified atom stereocenters. The van der Waals surface area contributed by atoms with Crippen LogP contribution in [0.2, 0.25) is 0 Å². The Bertz CT molecular complexity index is 280. The van der Waals surface area contributed by atoms with E-state index in [1.165, 1.54) is 0 Å². The first-order valence-corrected chi connectivity index (χ1v) is 5.46. The van der Waals surface area contributed by atoms with Crippen molar-refractivity contribution in [3.63, 3.8) is 0 Å². The van der Waals surface area contributed by atoms with Crippen LogP contribution in [0.3, 0.4) is 0 Å². The third-order valence-electron chi connectivity index (χ3n) is 2.06. The van der Waals surface area contributed by atoms with E-state index in [9.17, 15) is 14.9 Å². The maximum Gasteiger partial charge on any atom is 0.303 e. The normalized spacial score (nSPS) is 11.2. The third-order valence-corrected chi connectivity index (χ3v) is 2.06. The van der Waals surface area contributed by atoms with Gasteiger partial charge < -0.3 is 16.2 Å². The van der Waals surface area contributed by atoms with Gasteiger partial charge in [-0.15, -0.1) is 0 Å². The minimum absolute atomic E-state index is 0.194. The van der Waals surface area contributed by atoms with Crippen molar-refractivity contribution >= 4 is 11.9 Å². The second kappa shape index (κ2) is 9.37. The standard InChI is InChI=1S/C9H18N4O4/c10-9(12-13(16)17)11-7-5-3-1-2-4-6-8(14)15/h1-7H2,(H,14,15)(H3,10,11,12). The van der Waals surface area contributed by atoms with Crippen LogP contribution in [0.25, 0.3) is 0 Å². The molecule has 0 bridgehead atoms. The molecule has 0 aromatic carbocycles. The number of nitrogens with one attached hydrogen (secondary N) is 1. The molecule has 0 aliphatic rings. The number of aliphatic carboxylic acids is 1. The molecule has 0 spiro atoms. The van der Waals surface area contributed by atoms with Crippen LogP contribution in [-0.2, 0) is 4.79 Å². The van der Waals surface area contributed by atoms with Gasteiger partial charge in [-0.05, 0) is 12.8 Å². The van der Waals surface area contributed by atoms with E-state index in [2.05, 4.69) is 10.4 Å². The molecule has 4 N–H and O–H groups in total. The summed E-state index contributed by atoms with van der Waals surface area (Å²) < 4.78 is 0. The van der Waals surface area contributed by atoms with Crippen molar-refractivity contribution < 1.29 is 14.9 Å². The molecule has 0 atom stereocenters. The lowest BCUT2D eigenvalue weighted by molar-refractivity contribution is -0.485. The predicted molar refractivity (Wildman–Crippen MR) is 62.0 cm³/mol. The van der Waals surface area contributed by atoms with E-state index in [-0.39, 0.29) is 12.4 Å². The van der Waals surface area contributed by atoms with Crippen LogP contribution in [0.5, 0.6) is 0 Å². The average Bonchev–Trinajstić information content (AvgIpc) is 2.20.